The van der Waals surface area contributed by atoms with Gasteiger partial charge in [0.1, 0.15) is 0 Å². The second-order valence-corrected chi connectivity index (χ2v) is 5.61. The number of hydrogen-bond acceptors (Lipinski definition) is 3. The second kappa shape index (κ2) is 4.90. The molecule has 2 aliphatic rings. The van der Waals surface area contributed by atoms with Gasteiger partial charge in [-0.3, -0.25) is 4.90 Å². The van der Waals surface area contributed by atoms with Crippen LogP contribution >= 0.6 is 0 Å². The van der Waals surface area contributed by atoms with E-state index in [0.29, 0.717) is 0 Å². The maximum atomic E-state index is 9.08. The third kappa shape index (κ3) is 2.13. The summed E-state index contributed by atoms with van der Waals surface area (Å²) in [5.74, 6) is 0. The van der Waals surface area contributed by atoms with Crippen LogP contribution in [0.25, 0.3) is 0 Å². The Hall–Kier alpha value is -1.06. The number of rotatable bonds is 2. The Kier molecular flexibility index (Phi) is 3.27. The van der Waals surface area contributed by atoms with Crippen molar-refractivity contribution in [3.8, 4) is 0 Å². The molecule has 2 saturated heterocycles. The van der Waals surface area contributed by atoms with Gasteiger partial charge in [0.15, 0.2) is 0 Å². The Morgan fingerprint density at radius 1 is 1.11 bits per heavy atom. The zero-order valence-electron chi connectivity index (χ0n) is 11.0. The molecule has 1 N–H and O–H groups in total. The van der Waals surface area contributed by atoms with Crippen molar-refractivity contribution in [1.29, 1.82) is 0 Å². The molecular weight excluding hydrogens is 224 g/mol. The summed E-state index contributed by atoms with van der Waals surface area (Å²) in [7, 11) is 2.28. The molecule has 0 aromatic heterocycles. The smallest absolute Gasteiger partial charge is 0.0681 e. The number of aliphatic hydroxyl groups excluding tert-OH is 1. The summed E-state index contributed by atoms with van der Waals surface area (Å²) in [5, 5.41) is 9.08. The van der Waals surface area contributed by atoms with Gasteiger partial charge in [0.25, 0.3) is 0 Å². The Morgan fingerprint density at radius 2 is 1.83 bits per heavy atom. The fraction of sp³-hybridized carbons (Fsp3) is 0.600. The first-order valence-corrected chi connectivity index (χ1v) is 6.94. The van der Waals surface area contributed by atoms with Crippen molar-refractivity contribution in [3.63, 3.8) is 0 Å². The van der Waals surface area contributed by atoms with Crippen LogP contribution in [0.2, 0.25) is 0 Å². The average molecular weight is 246 g/mol. The normalized spacial score (nSPS) is 28.4. The summed E-state index contributed by atoms with van der Waals surface area (Å²) in [4.78, 5) is 5.07. The Labute approximate surface area is 109 Å². The zero-order valence-corrected chi connectivity index (χ0v) is 11.0. The molecule has 0 radical (unpaired) electrons. The van der Waals surface area contributed by atoms with Gasteiger partial charge in [-0.25, -0.2) is 0 Å². The van der Waals surface area contributed by atoms with Gasteiger partial charge in [-0.15, -0.1) is 0 Å². The molecule has 3 nitrogen and oxygen atoms in total. The van der Waals surface area contributed by atoms with Gasteiger partial charge >= 0.3 is 0 Å². The van der Waals surface area contributed by atoms with Crippen molar-refractivity contribution in [1.82, 2.24) is 4.90 Å². The van der Waals surface area contributed by atoms with Crippen LogP contribution in [-0.4, -0.2) is 42.2 Å². The molecule has 3 rings (SSSR count). The van der Waals surface area contributed by atoms with E-state index in [-0.39, 0.29) is 6.61 Å². The number of anilines is 1. The van der Waals surface area contributed by atoms with E-state index in [2.05, 4.69) is 29.0 Å². The van der Waals surface area contributed by atoms with E-state index in [1.165, 1.54) is 24.9 Å². The topological polar surface area (TPSA) is 26.7 Å². The molecule has 2 atom stereocenters. The van der Waals surface area contributed by atoms with Gasteiger partial charge in [-0.2, -0.15) is 0 Å². The highest BCUT2D eigenvalue weighted by molar-refractivity contribution is 5.48. The maximum Gasteiger partial charge on any atom is 0.0681 e. The molecule has 98 valence electrons. The van der Waals surface area contributed by atoms with E-state index in [0.717, 1.165) is 30.7 Å². The molecule has 2 bridgehead atoms. The van der Waals surface area contributed by atoms with E-state index >= 15 is 0 Å². The SMILES string of the molecule is CN1C2CCC1CN(c1ccc(CO)cc1)CC2. The Bertz CT molecular complexity index is 403. The van der Waals surface area contributed by atoms with Crippen LogP contribution in [-0.2, 0) is 6.61 Å². The van der Waals surface area contributed by atoms with E-state index < -0.39 is 0 Å². The molecule has 0 spiro atoms. The molecule has 2 aliphatic heterocycles. The molecule has 0 aliphatic carbocycles. The predicted octanol–water partition coefficient (Wildman–Crippen LogP) is 1.85. The number of fused-ring (bicyclic) bond motifs is 2. The average Bonchev–Trinajstić information content (AvgIpc) is 2.64. The lowest BCUT2D eigenvalue weighted by Gasteiger charge is -2.27. The molecular formula is C15H22N2O. The van der Waals surface area contributed by atoms with E-state index in [9.17, 15) is 0 Å². The molecule has 18 heavy (non-hydrogen) atoms. The van der Waals surface area contributed by atoms with Crippen molar-refractivity contribution >= 4 is 5.69 Å². The summed E-state index contributed by atoms with van der Waals surface area (Å²) in [6.45, 7) is 2.43. The monoisotopic (exact) mass is 246 g/mol. The van der Waals surface area contributed by atoms with Crippen molar-refractivity contribution in [2.24, 2.45) is 0 Å². The lowest BCUT2D eigenvalue weighted by atomic mass is 10.1. The minimum absolute atomic E-state index is 0.133. The Morgan fingerprint density at radius 3 is 2.56 bits per heavy atom. The fourth-order valence-electron chi connectivity index (χ4n) is 3.36. The minimum Gasteiger partial charge on any atom is -0.392 e. The lowest BCUT2D eigenvalue weighted by molar-refractivity contribution is 0.254. The van der Waals surface area contributed by atoms with Gasteiger partial charge in [0.05, 0.1) is 6.61 Å². The van der Waals surface area contributed by atoms with E-state index in [1.807, 2.05) is 12.1 Å². The largest absolute Gasteiger partial charge is 0.392 e. The maximum absolute atomic E-state index is 9.08. The quantitative estimate of drug-likeness (QED) is 0.862. The number of aliphatic hydroxyl groups is 1. The van der Waals surface area contributed by atoms with Crippen molar-refractivity contribution in [2.45, 2.75) is 38.0 Å². The highest BCUT2D eigenvalue weighted by Crippen LogP contribution is 2.30. The number of nitrogens with zero attached hydrogens (tertiary/aromatic N) is 2. The van der Waals surface area contributed by atoms with Crippen molar-refractivity contribution in [3.05, 3.63) is 29.8 Å². The first kappa shape index (κ1) is 12.0. The molecule has 0 saturated carbocycles. The third-order valence-electron chi connectivity index (χ3n) is 4.63. The molecule has 1 aromatic rings. The first-order chi connectivity index (χ1) is 8.78. The van der Waals surface area contributed by atoms with Gasteiger partial charge in [0, 0.05) is 30.9 Å². The van der Waals surface area contributed by atoms with Crippen LogP contribution in [0.4, 0.5) is 5.69 Å². The van der Waals surface area contributed by atoms with Crippen molar-refractivity contribution < 1.29 is 5.11 Å². The summed E-state index contributed by atoms with van der Waals surface area (Å²) >= 11 is 0. The van der Waals surface area contributed by atoms with Crippen LogP contribution in [0.15, 0.2) is 24.3 Å². The van der Waals surface area contributed by atoms with Crippen LogP contribution in [0.1, 0.15) is 24.8 Å². The van der Waals surface area contributed by atoms with Gasteiger partial charge in [0.2, 0.25) is 0 Å². The summed E-state index contributed by atoms with van der Waals surface area (Å²) < 4.78 is 0. The van der Waals surface area contributed by atoms with Gasteiger partial charge in [-0.1, -0.05) is 12.1 Å². The van der Waals surface area contributed by atoms with Gasteiger partial charge < -0.3 is 10.0 Å². The standard InChI is InChI=1S/C15H22N2O/c1-16-13-6-7-15(16)10-17(9-8-13)14-4-2-12(11-18)3-5-14/h2-5,13,15,18H,6-11H2,1H3. The Balaban J connectivity index is 1.76. The lowest BCUT2D eigenvalue weighted by Crippen LogP contribution is -2.36. The second-order valence-electron chi connectivity index (χ2n) is 5.61. The first-order valence-electron chi connectivity index (χ1n) is 6.94. The molecule has 2 fully saturated rings. The number of hydrogen-bond donors (Lipinski definition) is 1. The summed E-state index contributed by atoms with van der Waals surface area (Å²) in [5.41, 5.74) is 2.29. The van der Waals surface area contributed by atoms with Crippen LogP contribution in [0.3, 0.4) is 0 Å². The van der Waals surface area contributed by atoms with Gasteiger partial charge in [-0.05, 0) is 44.0 Å². The number of benzene rings is 1. The number of likely N-dealkylation sites (N-methyl/N-ethyl adjacent to an activating group) is 1. The zero-order chi connectivity index (χ0) is 12.5. The predicted molar refractivity (Wildman–Crippen MR) is 73.8 cm³/mol. The summed E-state index contributed by atoms with van der Waals surface area (Å²) in [6, 6.07) is 9.85. The van der Waals surface area contributed by atoms with Crippen LogP contribution in [0.5, 0.6) is 0 Å². The highest BCUT2D eigenvalue weighted by atomic mass is 16.3. The highest BCUT2D eigenvalue weighted by Gasteiger charge is 2.34. The summed E-state index contributed by atoms with van der Waals surface area (Å²) in [6.07, 6.45) is 3.99. The molecule has 2 unspecified atom stereocenters. The molecule has 0 amide bonds. The fourth-order valence-corrected chi connectivity index (χ4v) is 3.36. The van der Waals surface area contributed by atoms with E-state index in [1.54, 1.807) is 0 Å². The van der Waals surface area contributed by atoms with Crippen LogP contribution in [0, 0.1) is 0 Å². The molecule has 3 heteroatoms. The minimum atomic E-state index is 0.133. The van der Waals surface area contributed by atoms with Crippen molar-refractivity contribution in [2.75, 3.05) is 25.0 Å². The van der Waals surface area contributed by atoms with E-state index in [4.69, 9.17) is 5.11 Å². The third-order valence-corrected chi connectivity index (χ3v) is 4.63. The molecule has 1 aromatic carbocycles. The van der Waals surface area contributed by atoms with Crippen LogP contribution < -0.4 is 4.90 Å². The molecule has 2 heterocycles.